The highest BCUT2D eigenvalue weighted by atomic mass is 35.5. The highest BCUT2D eigenvalue weighted by Crippen LogP contribution is 2.35. The van der Waals surface area contributed by atoms with E-state index in [2.05, 4.69) is 22.3 Å². The molecule has 0 spiro atoms. The Morgan fingerprint density at radius 2 is 1.82 bits per heavy atom. The van der Waals surface area contributed by atoms with Crippen LogP contribution in [0.5, 0.6) is 0 Å². The number of carbonyl (C=O) groups is 2. The smallest absolute Gasteiger partial charge is 0.321 e. The molecule has 2 saturated heterocycles. The number of hydrogen-bond acceptors (Lipinski definition) is 3. The maximum absolute atomic E-state index is 13.5. The van der Waals surface area contributed by atoms with Crippen molar-refractivity contribution in [2.75, 3.05) is 44.2 Å². The summed E-state index contributed by atoms with van der Waals surface area (Å²) in [6, 6.07) is 11.6. The normalized spacial score (nSPS) is 20.8. The van der Waals surface area contributed by atoms with Crippen molar-refractivity contribution in [3.63, 3.8) is 0 Å². The number of nitrogens with zero attached hydrogens (tertiary/aromatic N) is 3. The Morgan fingerprint density at radius 3 is 2.55 bits per heavy atom. The van der Waals surface area contributed by atoms with Gasteiger partial charge in [-0.15, -0.1) is 0 Å². The Bertz CT molecular complexity index is 1070. The standard InChI is InChI=1S/C25H28Cl2N4O2/c26-21-6-3-17(13-22(21)27)14-24(32)31-11-7-18-4-5-19(30-12-8-28-25(30)33)15-20(18)23(31)16-29-9-1-2-10-29/h3-6,13,15,23H,1-2,7-12,14,16H2,(H,28,33). The molecule has 2 fully saturated rings. The number of anilines is 1. The van der Waals surface area contributed by atoms with Gasteiger partial charge in [0.2, 0.25) is 5.91 Å². The molecule has 2 aromatic rings. The maximum atomic E-state index is 13.5. The minimum absolute atomic E-state index is 0.0345. The molecule has 174 valence electrons. The van der Waals surface area contributed by atoms with Gasteiger partial charge < -0.3 is 15.1 Å². The molecule has 3 aliphatic heterocycles. The topological polar surface area (TPSA) is 55.9 Å². The van der Waals surface area contributed by atoms with E-state index in [-0.39, 0.29) is 24.4 Å². The number of fused-ring (bicyclic) bond motifs is 1. The van der Waals surface area contributed by atoms with Crippen molar-refractivity contribution in [3.05, 3.63) is 63.1 Å². The first kappa shape index (κ1) is 22.5. The number of nitrogens with one attached hydrogen (secondary N) is 1. The Hall–Kier alpha value is -2.28. The molecule has 0 aliphatic carbocycles. The molecule has 0 saturated carbocycles. The fourth-order valence-electron chi connectivity index (χ4n) is 5.20. The van der Waals surface area contributed by atoms with Crippen LogP contribution in [0.15, 0.2) is 36.4 Å². The number of likely N-dealkylation sites (tertiary alicyclic amines) is 1. The van der Waals surface area contributed by atoms with Crippen molar-refractivity contribution in [1.82, 2.24) is 15.1 Å². The van der Waals surface area contributed by atoms with Crippen LogP contribution >= 0.6 is 23.2 Å². The maximum Gasteiger partial charge on any atom is 0.321 e. The van der Waals surface area contributed by atoms with Crippen molar-refractivity contribution in [2.45, 2.75) is 31.7 Å². The number of amides is 3. The van der Waals surface area contributed by atoms with E-state index in [0.717, 1.165) is 42.9 Å². The fourth-order valence-corrected chi connectivity index (χ4v) is 5.52. The minimum atomic E-state index is -0.0607. The lowest BCUT2D eigenvalue weighted by atomic mass is 9.90. The molecule has 0 radical (unpaired) electrons. The quantitative estimate of drug-likeness (QED) is 0.685. The van der Waals surface area contributed by atoms with E-state index < -0.39 is 0 Å². The number of halogens is 2. The second-order valence-electron chi connectivity index (χ2n) is 9.05. The van der Waals surface area contributed by atoms with Gasteiger partial charge in [-0.2, -0.15) is 0 Å². The van der Waals surface area contributed by atoms with Crippen LogP contribution in [0, 0.1) is 0 Å². The van der Waals surface area contributed by atoms with E-state index in [9.17, 15) is 9.59 Å². The summed E-state index contributed by atoms with van der Waals surface area (Å²) in [5.41, 5.74) is 4.19. The van der Waals surface area contributed by atoms with Gasteiger partial charge in [-0.25, -0.2) is 4.79 Å². The molecule has 3 aliphatic rings. The van der Waals surface area contributed by atoms with Gasteiger partial charge in [-0.05, 0) is 73.3 Å². The number of hydrogen-bond donors (Lipinski definition) is 1. The predicted molar refractivity (Wildman–Crippen MR) is 131 cm³/mol. The molecular weight excluding hydrogens is 459 g/mol. The Kier molecular flexibility index (Phi) is 6.50. The zero-order valence-electron chi connectivity index (χ0n) is 18.5. The van der Waals surface area contributed by atoms with E-state index in [1.54, 1.807) is 17.0 Å². The average molecular weight is 487 g/mol. The zero-order chi connectivity index (χ0) is 22.9. The van der Waals surface area contributed by atoms with E-state index in [4.69, 9.17) is 23.2 Å². The lowest BCUT2D eigenvalue weighted by Gasteiger charge is -2.40. The van der Waals surface area contributed by atoms with E-state index >= 15 is 0 Å². The van der Waals surface area contributed by atoms with Gasteiger partial charge in [0, 0.05) is 31.9 Å². The van der Waals surface area contributed by atoms with Gasteiger partial charge in [-0.1, -0.05) is 35.3 Å². The molecule has 3 amide bonds. The summed E-state index contributed by atoms with van der Waals surface area (Å²) < 4.78 is 0. The van der Waals surface area contributed by atoms with Gasteiger partial charge >= 0.3 is 6.03 Å². The predicted octanol–water partition coefficient (Wildman–Crippen LogP) is 4.29. The summed E-state index contributed by atoms with van der Waals surface area (Å²) in [5, 5.41) is 3.83. The molecule has 33 heavy (non-hydrogen) atoms. The monoisotopic (exact) mass is 486 g/mol. The lowest BCUT2D eigenvalue weighted by molar-refractivity contribution is -0.133. The fraction of sp³-hybridized carbons (Fsp3) is 0.440. The molecule has 1 unspecified atom stereocenters. The van der Waals surface area contributed by atoms with Crippen molar-refractivity contribution >= 4 is 40.8 Å². The van der Waals surface area contributed by atoms with Crippen LogP contribution < -0.4 is 10.2 Å². The van der Waals surface area contributed by atoms with Gasteiger partial charge in [0.05, 0.1) is 22.5 Å². The van der Waals surface area contributed by atoms with Crippen LogP contribution in [0.1, 0.15) is 35.6 Å². The summed E-state index contributed by atoms with van der Waals surface area (Å²) in [5.74, 6) is 0.0903. The van der Waals surface area contributed by atoms with Crippen molar-refractivity contribution in [2.24, 2.45) is 0 Å². The number of rotatable bonds is 5. The summed E-state index contributed by atoms with van der Waals surface area (Å²) in [7, 11) is 0. The van der Waals surface area contributed by atoms with E-state index in [1.807, 2.05) is 17.0 Å². The second-order valence-corrected chi connectivity index (χ2v) is 9.87. The summed E-state index contributed by atoms with van der Waals surface area (Å²) >= 11 is 12.2. The highest BCUT2D eigenvalue weighted by Gasteiger charge is 2.34. The molecule has 0 bridgehead atoms. The van der Waals surface area contributed by atoms with Gasteiger partial charge in [-0.3, -0.25) is 9.69 Å². The van der Waals surface area contributed by atoms with Crippen LogP contribution in [0.3, 0.4) is 0 Å². The number of benzene rings is 2. The van der Waals surface area contributed by atoms with Crippen LogP contribution in [0.2, 0.25) is 10.0 Å². The molecule has 8 heteroatoms. The third kappa shape index (κ3) is 4.70. The largest absolute Gasteiger partial charge is 0.336 e. The third-order valence-corrected chi connectivity index (χ3v) is 7.68. The number of carbonyl (C=O) groups excluding carboxylic acids is 2. The van der Waals surface area contributed by atoms with Crippen molar-refractivity contribution < 1.29 is 9.59 Å². The third-order valence-electron chi connectivity index (χ3n) is 6.94. The van der Waals surface area contributed by atoms with E-state index in [0.29, 0.717) is 29.7 Å². The molecule has 6 nitrogen and oxygen atoms in total. The van der Waals surface area contributed by atoms with Crippen LogP contribution in [0.4, 0.5) is 10.5 Å². The summed E-state index contributed by atoms with van der Waals surface area (Å²) in [6.45, 7) is 4.95. The average Bonchev–Trinajstić information content (AvgIpc) is 3.48. The molecule has 1 N–H and O–H groups in total. The van der Waals surface area contributed by atoms with E-state index in [1.165, 1.54) is 18.4 Å². The molecule has 3 heterocycles. The molecule has 5 rings (SSSR count). The molecule has 0 aromatic heterocycles. The van der Waals surface area contributed by atoms with Gasteiger partial charge in [0.1, 0.15) is 0 Å². The minimum Gasteiger partial charge on any atom is -0.336 e. The Balaban J connectivity index is 1.44. The first-order chi connectivity index (χ1) is 16.0. The second kappa shape index (κ2) is 9.53. The Morgan fingerprint density at radius 1 is 1.00 bits per heavy atom. The van der Waals surface area contributed by atoms with Crippen molar-refractivity contribution in [3.8, 4) is 0 Å². The number of urea groups is 1. The first-order valence-corrected chi connectivity index (χ1v) is 12.4. The Labute approximate surface area is 204 Å². The van der Waals surface area contributed by atoms with Gasteiger partial charge in [0.25, 0.3) is 0 Å². The van der Waals surface area contributed by atoms with Crippen LogP contribution in [-0.2, 0) is 17.6 Å². The van der Waals surface area contributed by atoms with Crippen LogP contribution in [-0.4, -0.2) is 61.0 Å². The molecule has 1 atom stereocenters. The lowest BCUT2D eigenvalue weighted by Crippen LogP contribution is -2.45. The van der Waals surface area contributed by atoms with Crippen molar-refractivity contribution in [1.29, 1.82) is 0 Å². The van der Waals surface area contributed by atoms with Gasteiger partial charge in [0.15, 0.2) is 0 Å². The van der Waals surface area contributed by atoms with Crippen LogP contribution in [0.25, 0.3) is 0 Å². The molecular formula is C25H28Cl2N4O2. The summed E-state index contributed by atoms with van der Waals surface area (Å²) in [6.07, 6.45) is 3.50. The highest BCUT2D eigenvalue weighted by molar-refractivity contribution is 6.42. The first-order valence-electron chi connectivity index (χ1n) is 11.6. The zero-order valence-corrected chi connectivity index (χ0v) is 20.0. The SMILES string of the molecule is O=C1NCCN1c1ccc2c(c1)C(CN1CCCC1)N(C(=O)Cc1ccc(Cl)c(Cl)c1)CC2. The molecule has 2 aromatic carbocycles. The summed E-state index contributed by atoms with van der Waals surface area (Å²) in [4.78, 5) is 32.0.